The minimum absolute atomic E-state index is 0.00958. The summed E-state index contributed by atoms with van der Waals surface area (Å²) in [5.41, 5.74) is 4.03. The molecule has 2 fully saturated rings. The second-order valence-electron chi connectivity index (χ2n) is 10.8. The third-order valence-electron chi connectivity index (χ3n) is 7.85. The number of pyridine rings is 1. The maximum Gasteiger partial charge on any atom is 0.252 e. The predicted molar refractivity (Wildman–Crippen MR) is 136 cm³/mol. The van der Waals surface area contributed by atoms with Crippen LogP contribution in [0, 0.1) is 19.8 Å². The zero-order valence-electron chi connectivity index (χ0n) is 21.5. The van der Waals surface area contributed by atoms with Crippen LogP contribution in [0.3, 0.4) is 0 Å². The van der Waals surface area contributed by atoms with E-state index in [0.29, 0.717) is 12.6 Å². The van der Waals surface area contributed by atoms with Gasteiger partial charge in [-0.05, 0) is 90.6 Å². The van der Waals surface area contributed by atoms with Crippen molar-refractivity contribution in [3.8, 4) is 0 Å². The first-order chi connectivity index (χ1) is 16.9. The zero-order valence-corrected chi connectivity index (χ0v) is 21.5. The number of fused-ring (bicyclic) bond motifs is 1. The quantitative estimate of drug-likeness (QED) is 0.508. The van der Waals surface area contributed by atoms with Gasteiger partial charge in [0.25, 0.3) is 5.56 Å². The Morgan fingerprint density at radius 1 is 1.11 bits per heavy atom. The van der Waals surface area contributed by atoms with E-state index in [1.807, 2.05) is 0 Å². The molecule has 2 aromatic heterocycles. The van der Waals surface area contributed by atoms with Crippen LogP contribution < -0.4 is 5.56 Å². The normalized spacial score (nSPS) is 20.0. The van der Waals surface area contributed by atoms with Crippen molar-refractivity contribution in [3.63, 3.8) is 0 Å². The summed E-state index contributed by atoms with van der Waals surface area (Å²) in [4.78, 5) is 18.7. The van der Waals surface area contributed by atoms with Crippen molar-refractivity contribution >= 4 is 10.9 Å². The van der Waals surface area contributed by atoms with Crippen molar-refractivity contribution < 1.29 is 4.74 Å². The van der Waals surface area contributed by atoms with Gasteiger partial charge in [-0.25, -0.2) is 4.68 Å². The van der Waals surface area contributed by atoms with E-state index < -0.39 is 0 Å². The molecule has 8 heteroatoms. The van der Waals surface area contributed by atoms with Gasteiger partial charge in [0.15, 0.2) is 5.82 Å². The number of ether oxygens (including phenoxy) is 1. The highest BCUT2D eigenvalue weighted by Gasteiger charge is 2.34. The summed E-state index contributed by atoms with van der Waals surface area (Å²) >= 11 is 0. The molecule has 8 nitrogen and oxygen atoms in total. The van der Waals surface area contributed by atoms with Gasteiger partial charge < -0.3 is 9.72 Å². The second-order valence-corrected chi connectivity index (χ2v) is 10.8. The fraction of sp³-hybridized carbons (Fsp3) is 0.630. The van der Waals surface area contributed by atoms with Gasteiger partial charge in [-0.2, -0.15) is 0 Å². The average Bonchev–Trinajstić information content (AvgIpc) is 3.58. The van der Waals surface area contributed by atoms with Gasteiger partial charge in [-0.3, -0.25) is 9.69 Å². The van der Waals surface area contributed by atoms with E-state index >= 15 is 0 Å². The minimum atomic E-state index is -0.0315. The molecular weight excluding hydrogens is 440 g/mol. The molecule has 1 aliphatic heterocycles. The topological polar surface area (TPSA) is 88.9 Å². The molecule has 3 heterocycles. The van der Waals surface area contributed by atoms with Gasteiger partial charge in [-0.1, -0.05) is 26.7 Å². The largest absolute Gasteiger partial charge is 0.377 e. The summed E-state index contributed by atoms with van der Waals surface area (Å²) in [6.07, 6.45) is 6.98. The Labute approximate surface area is 207 Å². The number of rotatable bonds is 8. The number of nitrogens with one attached hydrogen (secondary N) is 1. The van der Waals surface area contributed by atoms with E-state index in [4.69, 9.17) is 4.74 Å². The Bertz CT molecular complexity index is 1220. The average molecular weight is 479 g/mol. The Hall–Kier alpha value is -2.58. The fourth-order valence-corrected chi connectivity index (χ4v) is 5.87. The first kappa shape index (κ1) is 24.1. The predicted octanol–water partition coefficient (Wildman–Crippen LogP) is 4.62. The molecule has 0 amide bonds. The van der Waals surface area contributed by atoms with Crippen LogP contribution in [0.2, 0.25) is 0 Å². The van der Waals surface area contributed by atoms with Gasteiger partial charge in [0.2, 0.25) is 0 Å². The number of aryl methyl sites for hydroxylation is 2. The van der Waals surface area contributed by atoms with Crippen molar-refractivity contribution in [2.24, 2.45) is 5.92 Å². The number of hydrogen-bond acceptors (Lipinski definition) is 6. The lowest BCUT2D eigenvalue weighted by Gasteiger charge is -2.35. The number of hydrogen-bond donors (Lipinski definition) is 1. The van der Waals surface area contributed by atoms with Gasteiger partial charge in [0.05, 0.1) is 18.2 Å². The van der Waals surface area contributed by atoms with E-state index in [1.54, 1.807) is 0 Å². The molecule has 0 radical (unpaired) electrons. The highest BCUT2D eigenvalue weighted by Crippen LogP contribution is 2.35. The molecule has 0 bridgehead atoms. The third kappa shape index (κ3) is 5.05. The molecule has 188 valence electrons. The van der Waals surface area contributed by atoms with Crippen molar-refractivity contribution in [1.29, 1.82) is 0 Å². The van der Waals surface area contributed by atoms with Crippen molar-refractivity contribution in [3.05, 3.63) is 51.1 Å². The lowest BCUT2D eigenvalue weighted by Crippen LogP contribution is -2.40. The third-order valence-corrected chi connectivity index (χ3v) is 7.85. The van der Waals surface area contributed by atoms with Crippen LogP contribution in [0.5, 0.6) is 0 Å². The molecule has 1 saturated heterocycles. The number of H-pyrrole nitrogens is 1. The Morgan fingerprint density at radius 2 is 1.89 bits per heavy atom. The molecule has 35 heavy (non-hydrogen) atoms. The summed E-state index contributed by atoms with van der Waals surface area (Å²) in [5, 5.41) is 14.1. The number of nitrogens with zero attached hydrogens (tertiary/aromatic N) is 5. The monoisotopic (exact) mass is 478 g/mol. The van der Waals surface area contributed by atoms with Crippen LogP contribution in [0.15, 0.2) is 23.0 Å². The lowest BCUT2D eigenvalue weighted by molar-refractivity contribution is 0.0379. The maximum atomic E-state index is 13.2. The van der Waals surface area contributed by atoms with E-state index in [9.17, 15) is 4.79 Å². The Morgan fingerprint density at radius 3 is 2.60 bits per heavy atom. The van der Waals surface area contributed by atoms with Crippen LogP contribution in [-0.2, 0) is 11.3 Å². The fourth-order valence-electron chi connectivity index (χ4n) is 5.87. The van der Waals surface area contributed by atoms with Crippen molar-refractivity contribution in [2.45, 2.75) is 91.0 Å². The van der Waals surface area contributed by atoms with Gasteiger partial charge >= 0.3 is 0 Å². The Balaban J connectivity index is 1.53. The molecule has 1 N–H and O–H groups in total. The van der Waals surface area contributed by atoms with Gasteiger partial charge in [-0.15, -0.1) is 5.10 Å². The van der Waals surface area contributed by atoms with Gasteiger partial charge in [0.1, 0.15) is 0 Å². The smallest absolute Gasteiger partial charge is 0.252 e. The first-order valence-corrected chi connectivity index (χ1v) is 13.2. The molecule has 5 rings (SSSR count). The number of aromatic amines is 1. The standard InChI is InChI=1S/C27H38N6O2/c1-17(2)25(26-29-30-31-33(26)22-8-5-6-9-22)32(16-23-10-7-11-35-23)15-21-14-20-12-18(3)19(4)13-24(20)28-27(21)34/h12-14,17,22-23,25H,5-11,15-16H2,1-4H3,(H,28,34)/t23-,25+/m1/s1. The molecule has 0 unspecified atom stereocenters. The molecule has 3 aromatic rings. The van der Waals surface area contributed by atoms with Gasteiger partial charge in [0, 0.05) is 30.8 Å². The summed E-state index contributed by atoms with van der Waals surface area (Å²) in [6.45, 7) is 10.7. The number of benzene rings is 1. The first-order valence-electron chi connectivity index (χ1n) is 13.2. The highest BCUT2D eigenvalue weighted by atomic mass is 16.5. The van der Waals surface area contributed by atoms with Crippen LogP contribution in [-0.4, -0.2) is 49.3 Å². The van der Waals surface area contributed by atoms with E-state index in [-0.39, 0.29) is 23.6 Å². The van der Waals surface area contributed by atoms with Crippen LogP contribution >= 0.6 is 0 Å². The van der Waals surface area contributed by atoms with Crippen molar-refractivity contribution in [2.75, 3.05) is 13.2 Å². The van der Waals surface area contributed by atoms with Crippen LogP contribution in [0.25, 0.3) is 10.9 Å². The van der Waals surface area contributed by atoms with E-state index in [1.165, 1.54) is 24.0 Å². The Kier molecular flexibility index (Phi) is 7.02. The minimum Gasteiger partial charge on any atom is -0.377 e. The summed E-state index contributed by atoms with van der Waals surface area (Å²) < 4.78 is 8.11. The van der Waals surface area contributed by atoms with Crippen LogP contribution in [0.4, 0.5) is 0 Å². The molecule has 1 saturated carbocycles. The molecule has 1 aromatic carbocycles. The molecule has 2 aliphatic rings. The lowest BCUT2D eigenvalue weighted by atomic mass is 9.99. The molecule has 2 atom stereocenters. The number of tetrazole rings is 1. The number of aromatic nitrogens is 5. The zero-order chi connectivity index (χ0) is 24.5. The maximum absolute atomic E-state index is 13.2. The molecule has 1 aliphatic carbocycles. The molecule has 0 spiro atoms. The summed E-state index contributed by atoms with van der Waals surface area (Å²) in [7, 11) is 0. The summed E-state index contributed by atoms with van der Waals surface area (Å²) in [5.74, 6) is 1.18. The second kappa shape index (κ2) is 10.2. The molecular formula is C27H38N6O2. The van der Waals surface area contributed by atoms with Crippen LogP contribution in [0.1, 0.15) is 87.0 Å². The van der Waals surface area contributed by atoms with Crippen molar-refractivity contribution in [1.82, 2.24) is 30.1 Å². The van der Waals surface area contributed by atoms with E-state index in [2.05, 4.69) is 76.0 Å². The summed E-state index contributed by atoms with van der Waals surface area (Å²) in [6, 6.07) is 6.63. The van der Waals surface area contributed by atoms with E-state index in [0.717, 1.165) is 61.1 Å². The highest BCUT2D eigenvalue weighted by molar-refractivity contribution is 5.80. The SMILES string of the molecule is Cc1cc2cc(CN(C[C@H]3CCCO3)[C@H](c3nnnn3C3CCCC3)C(C)C)c(=O)[nH]c2cc1C.